The number of nitrogens with zero attached hydrogens (tertiary/aromatic N) is 1. The first kappa shape index (κ1) is 23.6. The van der Waals surface area contributed by atoms with Crippen molar-refractivity contribution in [3.63, 3.8) is 0 Å². The zero-order valence-electron chi connectivity index (χ0n) is 15.1. The van der Waals surface area contributed by atoms with E-state index in [1.54, 1.807) is 0 Å². The van der Waals surface area contributed by atoms with Crippen molar-refractivity contribution in [3.8, 4) is 0 Å². The third-order valence-corrected chi connectivity index (χ3v) is 4.28. The van der Waals surface area contributed by atoms with Crippen LogP contribution in [0.4, 0.5) is 4.39 Å². The molecule has 1 unspecified atom stereocenters. The second-order valence-corrected chi connectivity index (χ2v) is 6.97. The van der Waals surface area contributed by atoms with Gasteiger partial charge in [-0.05, 0) is 43.5 Å². The number of aliphatic imine (C=N–C) groups is 1. The normalized spacial score (nSPS) is 17.0. The standard InChI is InChI=1S/C18H27BrFN3O2.HI/c1-2-21-18(23-11-15-8-16(19)10-17(20)9-15)22-5-3-6-24-12-14-4-7-25-13-14;/h8-10,14H,2-7,11-13H2,1H3,(H2,21,22,23);1H. The van der Waals surface area contributed by atoms with Crippen molar-refractivity contribution in [2.45, 2.75) is 26.3 Å². The number of rotatable bonds is 9. The zero-order chi connectivity index (χ0) is 17.9. The van der Waals surface area contributed by atoms with Crippen LogP contribution in [0.1, 0.15) is 25.3 Å². The Balaban J connectivity index is 0.00000338. The summed E-state index contributed by atoms with van der Waals surface area (Å²) in [6, 6.07) is 4.81. The van der Waals surface area contributed by atoms with Crippen LogP contribution in [0.5, 0.6) is 0 Å². The molecular formula is C18H28BrFIN3O2. The average Bonchev–Trinajstić information content (AvgIpc) is 3.08. The lowest BCUT2D eigenvalue weighted by molar-refractivity contribution is 0.0888. The van der Waals surface area contributed by atoms with Gasteiger partial charge in [0.2, 0.25) is 0 Å². The van der Waals surface area contributed by atoms with E-state index in [1.807, 2.05) is 13.0 Å². The van der Waals surface area contributed by atoms with Crippen molar-refractivity contribution in [2.75, 3.05) is 39.5 Å². The van der Waals surface area contributed by atoms with E-state index in [4.69, 9.17) is 9.47 Å². The largest absolute Gasteiger partial charge is 0.381 e. The third-order valence-electron chi connectivity index (χ3n) is 3.82. The van der Waals surface area contributed by atoms with Gasteiger partial charge in [0.15, 0.2) is 5.96 Å². The van der Waals surface area contributed by atoms with Gasteiger partial charge in [0.25, 0.3) is 0 Å². The Morgan fingerprint density at radius 1 is 1.38 bits per heavy atom. The predicted octanol–water partition coefficient (Wildman–Crippen LogP) is 3.70. The number of nitrogens with one attached hydrogen (secondary N) is 2. The van der Waals surface area contributed by atoms with Gasteiger partial charge in [-0.3, -0.25) is 0 Å². The molecule has 2 N–H and O–H groups in total. The predicted molar refractivity (Wildman–Crippen MR) is 117 cm³/mol. The van der Waals surface area contributed by atoms with Crippen LogP contribution in [-0.2, 0) is 16.0 Å². The van der Waals surface area contributed by atoms with Gasteiger partial charge in [-0.15, -0.1) is 24.0 Å². The molecule has 0 saturated carbocycles. The highest BCUT2D eigenvalue weighted by molar-refractivity contribution is 14.0. The number of hydrogen-bond donors (Lipinski definition) is 2. The average molecular weight is 544 g/mol. The molecule has 1 aromatic carbocycles. The molecule has 1 saturated heterocycles. The molecule has 0 amide bonds. The molecule has 0 spiro atoms. The SMILES string of the molecule is CCNC(=NCc1cc(F)cc(Br)c1)NCCCOCC1CCOC1.I. The highest BCUT2D eigenvalue weighted by Crippen LogP contribution is 2.15. The van der Waals surface area contributed by atoms with Gasteiger partial charge < -0.3 is 20.1 Å². The van der Waals surface area contributed by atoms with Crippen molar-refractivity contribution >= 4 is 45.9 Å². The molecule has 2 rings (SSSR count). The maximum Gasteiger partial charge on any atom is 0.191 e. The Bertz CT molecular complexity index is 537. The van der Waals surface area contributed by atoms with E-state index in [-0.39, 0.29) is 29.8 Å². The van der Waals surface area contributed by atoms with Crippen molar-refractivity contribution in [1.82, 2.24) is 10.6 Å². The first-order valence-corrected chi connectivity index (χ1v) is 9.59. The molecule has 1 aliphatic heterocycles. The lowest BCUT2D eigenvalue weighted by Crippen LogP contribution is -2.38. The number of ether oxygens (including phenoxy) is 2. The van der Waals surface area contributed by atoms with Crippen LogP contribution in [-0.4, -0.2) is 45.5 Å². The fourth-order valence-electron chi connectivity index (χ4n) is 2.56. The maximum atomic E-state index is 13.4. The third kappa shape index (κ3) is 9.48. The molecule has 1 atom stereocenters. The lowest BCUT2D eigenvalue weighted by Gasteiger charge is -2.12. The van der Waals surface area contributed by atoms with Crippen molar-refractivity contribution in [1.29, 1.82) is 0 Å². The summed E-state index contributed by atoms with van der Waals surface area (Å²) < 4.78 is 25.1. The van der Waals surface area contributed by atoms with Gasteiger partial charge in [0.05, 0.1) is 19.8 Å². The molecular weight excluding hydrogens is 516 g/mol. The number of benzene rings is 1. The molecule has 0 aliphatic carbocycles. The molecule has 1 aromatic rings. The van der Waals surface area contributed by atoms with E-state index in [0.717, 1.165) is 68.4 Å². The van der Waals surface area contributed by atoms with Crippen molar-refractivity contribution < 1.29 is 13.9 Å². The topological polar surface area (TPSA) is 54.9 Å². The van der Waals surface area contributed by atoms with Gasteiger partial charge in [-0.2, -0.15) is 0 Å². The van der Waals surface area contributed by atoms with Crippen LogP contribution in [0.25, 0.3) is 0 Å². The Morgan fingerprint density at radius 3 is 2.92 bits per heavy atom. The molecule has 1 fully saturated rings. The minimum atomic E-state index is -0.262. The summed E-state index contributed by atoms with van der Waals surface area (Å²) in [6.07, 6.45) is 2.01. The number of guanidine groups is 1. The summed E-state index contributed by atoms with van der Waals surface area (Å²) >= 11 is 3.30. The van der Waals surface area contributed by atoms with E-state index >= 15 is 0 Å². The number of hydrogen-bond acceptors (Lipinski definition) is 3. The van der Waals surface area contributed by atoms with Gasteiger partial charge in [0.1, 0.15) is 5.82 Å². The summed E-state index contributed by atoms with van der Waals surface area (Å²) in [7, 11) is 0. The highest BCUT2D eigenvalue weighted by Gasteiger charge is 2.15. The van der Waals surface area contributed by atoms with Gasteiger partial charge in [-0.25, -0.2) is 9.38 Å². The molecule has 1 heterocycles. The van der Waals surface area contributed by atoms with Crippen LogP contribution in [0.3, 0.4) is 0 Å². The first-order valence-electron chi connectivity index (χ1n) is 8.80. The van der Waals surface area contributed by atoms with E-state index in [0.29, 0.717) is 12.5 Å². The molecule has 1 aliphatic rings. The van der Waals surface area contributed by atoms with E-state index < -0.39 is 0 Å². The summed E-state index contributed by atoms with van der Waals surface area (Å²) in [5, 5.41) is 6.47. The lowest BCUT2D eigenvalue weighted by atomic mass is 10.1. The molecule has 8 heteroatoms. The first-order chi connectivity index (χ1) is 12.2. The quantitative estimate of drug-likeness (QED) is 0.216. The monoisotopic (exact) mass is 543 g/mol. The van der Waals surface area contributed by atoms with Crippen LogP contribution in [0, 0.1) is 11.7 Å². The summed E-state index contributed by atoms with van der Waals surface area (Å²) in [5.41, 5.74) is 0.825. The van der Waals surface area contributed by atoms with Crippen molar-refractivity contribution in [3.05, 3.63) is 34.1 Å². The van der Waals surface area contributed by atoms with Crippen LogP contribution >= 0.6 is 39.9 Å². The van der Waals surface area contributed by atoms with Crippen LogP contribution in [0.15, 0.2) is 27.7 Å². The van der Waals surface area contributed by atoms with Gasteiger partial charge >= 0.3 is 0 Å². The fraction of sp³-hybridized carbons (Fsp3) is 0.611. The Hall–Kier alpha value is -0.450. The molecule has 0 bridgehead atoms. The Morgan fingerprint density at radius 2 is 2.23 bits per heavy atom. The second-order valence-electron chi connectivity index (χ2n) is 6.06. The van der Waals surface area contributed by atoms with E-state index in [9.17, 15) is 4.39 Å². The molecule has 26 heavy (non-hydrogen) atoms. The van der Waals surface area contributed by atoms with E-state index in [2.05, 4.69) is 31.6 Å². The Kier molecular flexibility index (Phi) is 12.4. The molecule has 0 radical (unpaired) electrons. The summed E-state index contributed by atoms with van der Waals surface area (Å²) in [4.78, 5) is 4.50. The fourth-order valence-corrected chi connectivity index (χ4v) is 3.07. The van der Waals surface area contributed by atoms with Crippen LogP contribution < -0.4 is 10.6 Å². The molecule has 0 aromatic heterocycles. The summed E-state index contributed by atoms with van der Waals surface area (Å²) in [6.45, 7) is 7.18. The molecule has 148 valence electrons. The maximum absolute atomic E-state index is 13.4. The minimum Gasteiger partial charge on any atom is -0.381 e. The summed E-state index contributed by atoms with van der Waals surface area (Å²) in [5.74, 6) is 1.02. The minimum absolute atomic E-state index is 0. The highest BCUT2D eigenvalue weighted by atomic mass is 127. The van der Waals surface area contributed by atoms with Gasteiger partial charge in [0, 0.05) is 36.7 Å². The van der Waals surface area contributed by atoms with Gasteiger partial charge in [-0.1, -0.05) is 15.9 Å². The smallest absolute Gasteiger partial charge is 0.191 e. The molecule has 5 nitrogen and oxygen atoms in total. The Labute approximate surface area is 180 Å². The van der Waals surface area contributed by atoms with E-state index in [1.165, 1.54) is 12.1 Å². The van der Waals surface area contributed by atoms with Crippen LogP contribution in [0.2, 0.25) is 0 Å². The second kappa shape index (κ2) is 13.7. The van der Waals surface area contributed by atoms with Crippen molar-refractivity contribution in [2.24, 2.45) is 10.9 Å². The number of halogens is 3. The zero-order valence-corrected chi connectivity index (χ0v) is 19.0.